The molecule has 1 unspecified atom stereocenters. The van der Waals surface area contributed by atoms with Crippen LogP contribution in [0.1, 0.15) is 28.7 Å². The van der Waals surface area contributed by atoms with Gasteiger partial charge in [0, 0.05) is 12.8 Å². The minimum Gasteiger partial charge on any atom is -0.497 e. The van der Waals surface area contributed by atoms with Crippen LogP contribution in [0.4, 0.5) is 0 Å². The molecule has 0 saturated carbocycles. The Labute approximate surface area is 188 Å². The van der Waals surface area contributed by atoms with Gasteiger partial charge in [-0.2, -0.15) is 5.26 Å². The van der Waals surface area contributed by atoms with Gasteiger partial charge in [0.2, 0.25) is 0 Å². The summed E-state index contributed by atoms with van der Waals surface area (Å²) in [7, 11) is 1.60. The van der Waals surface area contributed by atoms with Gasteiger partial charge in [0.15, 0.2) is 5.60 Å². The maximum absolute atomic E-state index is 12.5. The summed E-state index contributed by atoms with van der Waals surface area (Å²) < 4.78 is 16.9. The highest BCUT2D eigenvalue weighted by Gasteiger charge is 2.39. The van der Waals surface area contributed by atoms with E-state index in [-0.39, 0.29) is 19.0 Å². The Morgan fingerprint density at radius 2 is 1.84 bits per heavy atom. The third kappa shape index (κ3) is 4.92. The molecule has 0 spiro atoms. The van der Waals surface area contributed by atoms with Crippen LogP contribution in [0.3, 0.4) is 0 Å². The van der Waals surface area contributed by atoms with Gasteiger partial charge in [-0.25, -0.2) is 0 Å². The number of aryl methyl sites for hydroxylation is 1. The van der Waals surface area contributed by atoms with Gasteiger partial charge in [0.1, 0.15) is 24.2 Å². The van der Waals surface area contributed by atoms with Crippen molar-refractivity contribution >= 4 is 5.97 Å². The number of hydrogen-bond acceptors (Lipinski definition) is 5. The van der Waals surface area contributed by atoms with Crippen LogP contribution >= 0.6 is 0 Å². The number of carbonyl (C=O) groups is 1. The first-order valence-electron chi connectivity index (χ1n) is 10.6. The lowest BCUT2D eigenvalue weighted by Crippen LogP contribution is -2.33. The van der Waals surface area contributed by atoms with E-state index in [0.29, 0.717) is 25.0 Å². The van der Waals surface area contributed by atoms with E-state index in [1.807, 2.05) is 72.8 Å². The molecule has 32 heavy (non-hydrogen) atoms. The Bertz CT molecular complexity index is 1110. The number of hydrogen-bond donors (Lipinski definition) is 0. The summed E-state index contributed by atoms with van der Waals surface area (Å²) in [6.45, 7) is 0.239. The molecule has 5 nitrogen and oxygen atoms in total. The Hall–Kier alpha value is -3.78. The number of nitrogens with zero attached hydrogens (tertiary/aromatic N) is 1. The van der Waals surface area contributed by atoms with Gasteiger partial charge in [-0.05, 0) is 46.9 Å². The van der Waals surface area contributed by atoms with Gasteiger partial charge < -0.3 is 14.2 Å². The lowest BCUT2D eigenvalue weighted by Gasteiger charge is -2.21. The molecule has 0 bridgehead atoms. The Kier molecular flexibility index (Phi) is 6.42. The van der Waals surface area contributed by atoms with Crippen molar-refractivity contribution < 1.29 is 19.0 Å². The molecule has 0 saturated heterocycles. The van der Waals surface area contributed by atoms with Gasteiger partial charge in [-0.1, -0.05) is 54.6 Å². The zero-order valence-corrected chi connectivity index (χ0v) is 18.0. The van der Waals surface area contributed by atoms with Crippen LogP contribution in [-0.4, -0.2) is 18.7 Å². The minimum atomic E-state index is -0.894. The number of benzene rings is 3. The molecule has 0 N–H and O–H groups in total. The Morgan fingerprint density at radius 1 is 1.06 bits per heavy atom. The van der Waals surface area contributed by atoms with Crippen molar-refractivity contribution in [1.29, 1.82) is 5.26 Å². The number of fused-ring (bicyclic) bond motifs is 1. The standard InChI is InChI=1S/C27H25NO4/c1-30-24-12-11-21(13-14-27(19-28)17-22-9-5-6-10-25(22)32-27)23(15-24)16-26(29)31-18-20-7-3-2-4-8-20/h2-12,15H,13-14,16-18H2,1H3. The summed E-state index contributed by atoms with van der Waals surface area (Å²) in [6.07, 6.45) is 1.83. The number of carbonyl (C=O) groups excluding carboxylic acids is 1. The molecule has 1 atom stereocenters. The predicted octanol–water partition coefficient (Wildman–Crippen LogP) is 4.81. The van der Waals surface area contributed by atoms with E-state index in [0.717, 1.165) is 28.0 Å². The van der Waals surface area contributed by atoms with E-state index in [4.69, 9.17) is 14.2 Å². The maximum atomic E-state index is 12.5. The molecular formula is C27H25NO4. The number of methoxy groups -OCH3 is 1. The second-order valence-electron chi connectivity index (χ2n) is 7.95. The van der Waals surface area contributed by atoms with Crippen molar-refractivity contribution in [2.75, 3.05) is 7.11 Å². The normalized spacial score (nSPS) is 16.5. The fourth-order valence-electron chi connectivity index (χ4n) is 3.98. The quantitative estimate of drug-likeness (QED) is 0.483. The monoisotopic (exact) mass is 427 g/mol. The molecular weight excluding hydrogens is 402 g/mol. The number of rotatable bonds is 8. The highest BCUT2D eigenvalue weighted by Crippen LogP contribution is 2.37. The van der Waals surface area contributed by atoms with Crippen molar-refractivity contribution in [3.63, 3.8) is 0 Å². The molecule has 1 aliphatic heterocycles. The summed E-state index contributed by atoms with van der Waals surface area (Å²) in [5, 5.41) is 9.87. The van der Waals surface area contributed by atoms with Gasteiger partial charge in [0.25, 0.3) is 0 Å². The van der Waals surface area contributed by atoms with Crippen LogP contribution in [0.2, 0.25) is 0 Å². The minimum absolute atomic E-state index is 0.139. The number of para-hydroxylation sites is 1. The Morgan fingerprint density at radius 3 is 2.59 bits per heavy atom. The molecule has 0 fully saturated rings. The fraction of sp³-hybridized carbons (Fsp3) is 0.259. The SMILES string of the molecule is COc1ccc(CCC2(C#N)Cc3ccccc3O2)c(CC(=O)OCc2ccccc2)c1. The zero-order chi connectivity index (χ0) is 22.4. The van der Waals surface area contributed by atoms with E-state index in [9.17, 15) is 10.1 Å². The van der Waals surface area contributed by atoms with Gasteiger partial charge >= 0.3 is 5.97 Å². The molecule has 0 aromatic heterocycles. The second kappa shape index (κ2) is 9.57. The summed E-state index contributed by atoms with van der Waals surface area (Å²) in [5.41, 5.74) is 2.92. The highest BCUT2D eigenvalue weighted by molar-refractivity contribution is 5.73. The molecule has 5 heteroatoms. The molecule has 3 aromatic carbocycles. The lowest BCUT2D eigenvalue weighted by molar-refractivity contribution is -0.144. The molecule has 3 aromatic rings. The molecule has 1 heterocycles. The average Bonchev–Trinajstić information content (AvgIpc) is 3.22. The van der Waals surface area contributed by atoms with Crippen LogP contribution in [0.25, 0.3) is 0 Å². The topological polar surface area (TPSA) is 68.5 Å². The first-order valence-corrected chi connectivity index (χ1v) is 10.6. The van der Waals surface area contributed by atoms with E-state index in [1.54, 1.807) is 7.11 Å². The molecule has 162 valence electrons. The van der Waals surface area contributed by atoms with E-state index in [1.165, 1.54) is 0 Å². The second-order valence-corrected chi connectivity index (χ2v) is 7.95. The fourth-order valence-corrected chi connectivity index (χ4v) is 3.98. The first-order chi connectivity index (χ1) is 15.6. The van der Waals surface area contributed by atoms with Crippen molar-refractivity contribution in [3.05, 3.63) is 95.1 Å². The third-order valence-electron chi connectivity index (χ3n) is 5.75. The lowest BCUT2D eigenvalue weighted by atomic mass is 9.90. The van der Waals surface area contributed by atoms with E-state index >= 15 is 0 Å². The van der Waals surface area contributed by atoms with Crippen molar-refractivity contribution in [2.45, 2.75) is 37.9 Å². The highest BCUT2D eigenvalue weighted by atomic mass is 16.5. The molecule has 1 aliphatic rings. The third-order valence-corrected chi connectivity index (χ3v) is 5.75. The predicted molar refractivity (Wildman–Crippen MR) is 120 cm³/mol. The van der Waals surface area contributed by atoms with Crippen molar-refractivity contribution in [3.8, 4) is 17.6 Å². The van der Waals surface area contributed by atoms with Crippen LogP contribution in [-0.2, 0) is 35.4 Å². The number of esters is 1. The zero-order valence-electron chi connectivity index (χ0n) is 18.0. The van der Waals surface area contributed by atoms with E-state index < -0.39 is 5.60 Å². The smallest absolute Gasteiger partial charge is 0.310 e. The van der Waals surface area contributed by atoms with Crippen LogP contribution in [0, 0.1) is 11.3 Å². The molecule has 0 aliphatic carbocycles. The average molecular weight is 428 g/mol. The summed E-state index contributed by atoms with van der Waals surface area (Å²) in [6, 6.07) is 25.4. The van der Waals surface area contributed by atoms with Crippen molar-refractivity contribution in [1.82, 2.24) is 0 Å². The van der Waals surface area contributed by atoms with E-state index in [2.05, 4.69) is 6.07 Å². The molecule has 4 rings (SSSR count). The summed E-state index contributed by atoms with van der Waals surface area (Å²) in [4.78, 5) is 12.5. The van der Waals surface area contributed by atoms with Gasteiger partial charge in [0.05, 0.1) is 13.5 Å². The Balaban J connectivity index is 1.45. The van der Waals surface area contributed by atoms with Crippen LogP contribution in [0.15, 0.2) is 72.8 Å². The van der Waals surface area contributed by atoms with Gasteiger partial charge in [-0.3, -0.25) is 4.79 Å². The molecule has 0 amide bonds. The number of ether oxygens (including phenoxy) is 3. The van der Waals surface area contributed by atoms with Crippen molar-refractivity contribution in [2.24, 2.45) is 0 Å². The first kappa shape index (κ1) is 21.5. The van der Waals surface area contributed by atoms with Crippen LogP contribution < -0.4 is 9.47 Å². The summed E-state index contributed by atoms with van der Waals surface area (Å²) >= 11 is 0. The molecule has 0 radical (unpaired) electrons. The van der Waals surface area contributed by atoms with Crippen LogP contribution in [0.5, 0.6) is 11.5 Å². The summed E-state index contributed by atoms with van der Waals surface area (Å²) in [5.74, 6) is 1.15. The maximum Gasteiger partial charge on any atom is 0.310 e. The number of nitriles is 1. The van der Waals surface area contributed by atoms with Gasteiger partial charge in [-0.15, -0.1) is 0 Å². The largest absolute Gasteiger partial charge is 0.497 e.